The molecular weight excluding hydrogens is 273 g/mol. The molecule has 2 rings (SSSR count). The van der Waals surface area contributed by atoms with Gasteiger partial charge in [0.1, 0.15) is 11.9 Å². The minimum absolute atomic E-state index is 0.206. The number of ether oxygens (including phenoxy) is 1. The Labute approximate surface area is 123 Å². The van der Waals surface area contributed by atoms with Crippen LogP contribution in [0.4, 0.5) is 4.39 Å². The highest BCUT2D eigenvalue weighted by molar-refractivity contribution is 5.80. The van der Waals surface area contributed by atoms with E-state index in [1.807, 2.05) is 4.90 Å². The fourth-order valence-electron chi connectivity index (χ4n) is 2.26. The summed E-state index contributed by atoms with van der Waals surface area (Å²) in [5.41, 5.74) is 12.2. The predicted molar refractivity (Wildman–Crippen MR) is 76.5 cm³/mol. The molecular formula is C15H18FN3O2. The number of hydrogen-bond donors (Lipinski definition) is 2. The minimum atomic E-state index is -0.473. The highest BCUT2D eigenvalue weighted by atomic mass is 19.1. The lowest BCUT2D eigenvalue weighted by Gasteiger charge is -2.33. The van der Waals surface area contributed by atoms with Crippen LogP contribution in [0.1, 0.15) is 11.1 Å². The van der Waals surface area contributed by atoms with Gasteiger partial charge in [-0.05, 0) is 17.7 Å². The van der Waals surface area contributed by atoms with Crippen LogP contribution in [0.5, 0.6) is 0 Å². The first-order chi connectivity index (χ1) is 10.1. The second-order valence-corrected chi connectivity index (χ2v) is 4.77. The number of nitrogens with two attached hydrogens (primary N) is 2. The van der Waals surface area contributed by atoms with Gasteiger partial charge in [-0.25, -0.2) is 4.39 Å². The molecule has 21 heavy (non-hydrogen) atoms. The Kier molecular flexibility index (Phi) is 5.28. The van der Waals surface area contributed by atoms with Crippen LogP contribution in [0.2, 0.25) is 0 Å². The average molecular weight is 291 g/mol. The average Bonchev–Trinajstić information content (AvgIpc) is 2.47. The monoisotopic (exact) mass is 291 g/mol. The zero-order valence-corrected chi connectivity index (χ0v) is 11.6. The number of primary amides is 1. The second kappa shape index (κ2) is 7.18. The van der Waals surface area contributed by atoms with Gasteiger partial charge >= 0.3 is 0 Å². The molecule has 4 N–H and O–H groups in total. The summed E-state index contributed by atoms with van der Waals surface area (Å²) < 4.78 is 18.6. The highest BCUT2D eigenvalue weighted by Crippen LogP contribution is 2.16. The second-order valence-electron chi connectivity index (χ2n) is 4.77. The summed E-state index contributed by atoms with van der Waals surface area (Å²) in [6, 6.07) is 3.95. The van der Waals surface area contributed by atoms with Gasteiger partial charge < -0.3 is 16.2 Å². The molecule has 5 nitrogen and oxygen atoms in total. The van der Waals surface area contributed by atoms with Crippen LogP contribution in [0.15, 0.2) is 18.2 Å². The van der Waals surface area contributed by atoms with Crippen molar-refractivity contribution in [2.24, 2.45) is 11.5 Å². The molecule has 1 aromatic carbocycles. The molecule has 0 radical (unpaired) electrons. The van der Waals surface area contributed by atoms with Crippen LogP contribution in [0.25, 0.3) is 0 Å². The highest BCUT2D eigenvalue weighted by Gasteiger charge is 2.27. The van der Waals surface area contributed by atoms with Crippen LogP contribution in [-0.4, -0.2) is 43.2 Å². The molecule has 1 atom stereocenters. The molecule has 1 aliphatic heterocycles. The van der Waals surface area contributed by atoms with Gasteiger partial charge in [-0.3, -0.25) is 9.69 Å². The number of carbonyl (C=O) groups excluding carboxylic acids is 1. The van der Waals surface area contributed by atoms with Gasteiger partial charge in [0, 0.05) is 18.7 Å². The fourth-order valence-corrected chi connectivity index (χ4v) is 2.26. The van der Waals surface area contributed by atoms with Crippen molar-refractivity contribution in [3.63, 3.8) is 0 Å². The van der Waals surface area contributed by atoms with E-state index in [0.717, 1.165) is 5.56 Å². The number of benzene rings is 1. The molecule has 1 heterocycles. The van der Waals surface area contributed by atoms with Gasteiger partial charge in [0.15, 0.2) is 0 Å². The van der Waals surface area contributed by atoms with Crippen LogP contribution in [0, 0.1) is 17.7 Å². The summed E-state index contributed by atoms with van der Waals surface area (Å²) in [6.07, 6.45) is 0. The molecule has 1 amide bonds. The predicted octanol–water partition coefficient (Wildman–Crippen LogP) is -0.178. The molecule has 1 unspecified atom stereocenters. The Hall–Kier alpha value is -1.94. The Morgan fingerprint density at radius 1 is 1.52 bits per heavy atom. The summed E-state index contributed by atoms with van der Waals surface area (Å²) in [4.78, 5) is 13.4. The molecule has 0 bridgehead atoms. The number of morpholine rings is 1. The first-order valence-corrected chi connectivity index (χ1v) is 6.70. The van der Waals surface area contributed by atoms with E-state index in [1.165, 1.54) is 12.1 Å². The maximum atomic E-state index is 13.4. The third kappa shape index (κ3) is 4.02. The zero-order valence-electron chi connectivity index (χ0n) is 11.6. The van der Waals surface area contributed by atoms with E-state index >= 15 is 0 Å². The zero-order chi connectivity index (χ0) is 15.2. The van der Waals surface area contributed by atoms with Crippen molar-refractivity contribution in [2.45, 2.75) is 12.6 Å². The first-order valence-electron chi connectivity index (χ1n) is 6.70. The van der Waals surface area contributed by atoms with Crippen molar-refractivity contribution in [3.8, 4) is 11.8 Å². The van der Waals surface area contributed by atoms with Gasteiger partial charge in [-0.1, -0.05) is 17.9 Å². The van der Waals surface area contributed by atoms with Gasteiger partial charge in [0.05, 0.1) is 19.8 Å². The molecule has 1 fully saturated rings. The summed E-state index contributed by atoms with van der Waals surface area (Å²) >= 11 is 0. The van der Waals surface area contributed by atoms with E-state index in [2.05, 4.69) is 11.8 Å². The lowest BCUT2D eigenvalue weighted by Crippen LogP contribution is -2.51. The molecule has 0 spiro atoms. The summed E-state index contributed by atoms with van der Waals surface area (Å²) in [7, 11) is 0. The van der Waals surface area contributed by atoms with Crippen LogP contribution < -0.4 is 11.5 Å². The molecule has 112 valence electrons. The molecule has 1 saturated heterocycles. The van der Waals surface area contributed by atoms with Crippen molar-refractivity contribution in [2.75, 3.05) is 26.3 Å². The maximum Gasteiger partial charge on any atom is 0.237 e. The SMILES string of the molecule is NCC#Cc1cc(F)ccc1CN1CCOCC1C(N)=O. The Balaban J connectivity index is 2.23. The summed E-state index contributed by atoms with van der Waals surface area (Å²) in [5.74, 6) is 4.80. The Bertz CT molecular complexity index is 580. The fraction of sp³-hybridized carbons (Fsp3) is 0.400. The Morgan fingerprint density at radius 3 is 3.05 bits per heavy atom. The number of hydrogen-bond acceptors (Lipinski definition) is 4. The van der Waals surface area contributed by atoms with E-state index in [0.29, 0.717) is 25.3 Å². The van der Waals surface area contributed by atoms with Gasteiger partial charge in [-0.15, -0.1) is 0 Å². The van der Waals surface area contributed by atoms with Crippen molar-refractivity contribution >= 4 is 5.91 Å². The maximum absolute atomic E-state index is 13.4. The smallest absolute Gasteiger partial charge is 0.237 e. The standard InChI is InChI=1S/C15H18FN3O2/c16-13-4-3-12(11(8-13)2-1-5-17)9-19-6-7-21-10-14(19)15(18)20/h3-4,8,14H,5-7,9-10,17H2,(H2,18,20). The van der Waals surface area contributed by atoms with Crippen LogP contribution in [0.3, 0.4) is 0 Å². The van der Waals surface area contributed by atoms with E-state index in [4.69, 9.17) is 16.2 Å². The topological polar surface area (TPSA) is 81.6 Å². The van der Waals surface area contributed by atoms with Crippen molar-refractivity contribution in [1.82, 2.24) is 4.90 Å². The molecule has 1 aromatic rings. The largest absolute Gasteiger partial charge is 0.378 e. The van der Waals surface area contributed by atoms with Crippen molar-refractivity contribution in [1.29, 1.82) is 0 Å². The van der Waals surface area contributed by atoms with Gasteiger partial charge in [-0.2, -0.15) is 0 Å². The van der Waals surface area contributed by atoms with E-state index in [-0.39, 0.29) is 19.0 Å². The van der Waals surface area contributed by atoms with Crippen LogP contribution >= 0.6 is 0 Å². The molecule has 0 aromatic heterocycles. The first kappa shape index (κ1) is 15.4. The third-order valence-corrected chi connectivity index (χ3v) is 3.34. The van der Waals surface area contributed by atoms with Gasteiger partial charge in [0.2, 0.25) is 5.91 Å². The molecule has 0 saturated carbocycles. The third-order valence-electron chi connectivity index (χ3n) is 3.34. The van der Waals surface area contributed by atoms with Crippen LogP contribution in [-0.2, 0) is 16.1 Å². The summed E-state index contributed by atoms with van der Waals surface area (Å²) in [6.45, 7) is 2.08. The van der Waals surface area contributed by atoms with Crippen molar-refractivity contribution < 1.29 is 13.9 Å². The number of halogens is 1. The lowest BCUT2D eigenvalue weighted by molar-refractivity contribution is -0.129. The number of rotatable bonds is 3. The van der Waals surface area contributed by atoms with Gasteiger partial charge in [0.25, 0.3) is 0 Å². The number of nitrogens with zero attached hydrogens (tertiary/aromatic N) is 1. The van der Waals surface area contributed by atoms with Crippen molar-refractivity contribution in [3.05, 3.63) is 35.1 Å². The molecule has 0 aliphatic carbocycles. The summed E-state index contributed by atoms with van der Waals surface area (Å²) in [5, 5.41) is 0. The molecule has 6 heteroatoms. The Morgan fingerprint density at radius 2 is 2.33 bits per heavy atom. The normalized spacial score (nSPS) is 18.9. The quantitative estimate of drug-likeness (QED) is 0.757. The van der Waals surface area contributed by atoms with E-state index in [9.17, 15) is 9.18 Å². The lowest BCUT2D eigenvalue weighted by atomic mass is 10.1. The number of carbonyl (C=O) groups is 1. The van der Waals surface area contributed by atoms with E-state index in [1.54, 1.807) is 6.07 Å². The van der Waals surface area contributed by atoms with E-state index < -0.39 is 11.9 Å². The number of amides is 1. The minimum Gasteiger partial charge on any atom is -0.378 e. The molecule has 1 aliphatic rings.